The number of thiazole rings is 1. The maximum atomic E-state index is 13.2. The Morgan fingerprint density at radius 1 is 1.12 bits per heavy atom. The molecular formula is C24H18N2O5S. The van der Waals surface area contributed by atoms with Crippen LogP contribution >= 0.6 is 11.3 Å². The lowest BCUT2D eigenvalue weighted by atomic mass is 9.99. The molecule has 5 rings (SSSR count). The van der Waals surface area contributed by atoms with E-state index in [9.17, 15) is 14.7 Å². The number of hydrogen-bond donors (Lipinski definition) is 1. The highest BCUT2D eigenvalue weighted by atomic mass is 32.1. The summed E-state index contributed by atoms with van der Waals surface area (Å²) in [6, 6.07) is 16.6. The molecule has 7 nitrogen and oxygen atoms in total. The predicted molar refractivity (Wildman–Crippen MR) is 121 cm³/mol. The summed E-state index contributed by atoms with van der Waals surface area (Å²) in [6.45, 7) is 1.77. The van der Waals surface area contributed by atoms with Gasteiger partial charge in [-0.2, -0.15) is 0 Å². The molecule has 1 saturated heterocycles. The number of aromatic nitrogens is 1. The third kappa shape index (κ3) is 3.16. The van der Waals surface area contributed by atoms with Crippen LogP contribution in [0.4, 0.5) is 5.13 Å². The summed E-state index contributed by atoms with van der Waals surface area (Å²) in [7, 11) is 1.57. The lowest BCUT2D eigenvalue weighted by Gasteiger charge is -2.20. The molecule has 160 valence electrons. The molecule has 0 aliphatic carbocycles. The van der Waals surface area contributed by atoms with E-state index in [1.165, 1.54) is 16.2 Å². The Hall–Kier alpha value is -3.91. The first-order valence-electron chi connectivity index (χ1n) is 9.85. The van der Waals surface area contributed by atoms with Gasteiger partial charge in [-0.3, -0.25) is 14.5 Å². The molecule has 2 aromatic carbocycles. The van der Waals surface area contributed by atoms with Gasteiger partial charge in [0.05, 0.1) is 22.9 Å². The fourth-order valence-corrected chi connectivity index (χ4v) is 4.79. The van der Waals surface area contributed by atoms with Crippen LogP contribution in [0.25, 0.3) is 16.0 Å². The maximum absolute atomic E-state index is 13.2. The van der Waals surface area contributed by atoms with Crippen molar-refractivity contribution >= 4 is 44.1 Å². The van der Waals surface area contributed by atoms with E-state index < -0.39 is 17.7 Å². The van der Waals surface area contributed by atoms with Crippen LogP contribution in [0.3, 0.4) is 0 Å². The summed E-state index contributed by atoms with van der Waals surface area (Å²) in [6.07, 6.45) is 0. The molecule has 32 heavy (non-hydrogen) atoms. The summed E-state index contributed by atoms with van der Waals surface area (Å²) in [5.41, 5.74) is 1.07. The van der Waals surface area contributed by atoms with Crippen LogP contribution in [0.2, 0.25) is 0 Å². The number of ether oxygens (including phenoxy) is 1. The van der Waals surface area contributed by atoms with Crippen molar-refractivity contribution in [2.75, 3.05) is 12.0 Å². The van der Waals surface area contributed by atoms with E-state index in [0.29, 0.717) is 33.5 Å². The summed E-state index contributed by atoms with van der Waals surface area (Å²) in [4.78, 5) is 32.2. The minimum Gasteiger partial charge on any atom is -0.507 e. The van der Waals surface area contributed by atoms with Crippen LogP contribution in [0.15, 0.2) is 70.7 Å². The fourth-order valence-electron chi connectivity index (χ4n) is 3.77. The van der Waals surface area contributed by atoms with Crippen LogP contribution in [-0.2, 0) is 9.59 Å². The monoisotopic (exact) mass is 446 g/mol. The van der Waals surface area contributed by atoms with Gasteiger partial charge in [0.2, 0.25) is 0 Å². The highest BCUT2D eigenvalue weighted by Gasteiger charge is 2.49. The van der Waals surface area contributed by atoms with Gasteiger partial charge in [-0.15, -0.1) is 0 Å². The van der Waals surface area contributed by atoms with E-state index in [0.717, 1.165) is 4.70 Å². The number of aliphatic hydroxyl groups is 1. The molecule has 1 unspecified atom stereocenters. The Labute approximate surface area is 187 Å². The zero-order chi connectivity index (χ0) is 22.4. The topological polar surface area (TPSA) is 92.9 Å². The number of methoxy groups -OCH3 is 1. The van der Waals surface area contributed by atoms with Crippen molar-refractivity contribution in [1.29, 1.82) is 0 Å². The molecule has 4 aromatic rings. The normalized spacial score (nSPS) is 17.9. The van der Waals surface area contributed by atoms with Gasteiger partial charge in [0, 0.05) is 5.56 Å². The summed E-state index contributed by atoms with van der Waals surface area (Å²) in [5.74, 6) is -0.157. The molecule has 8 heteroatoms. The van der Waals surface area contributed by atoms with Gasteiger partial charge in [0.1, 0.15) is 29.1 Å². The summed E-state index contributed by atoms with van der Waals surface area (Å²) in [5, 5.41) is 11.4. The lowest BCUT2D eigenvalue weighted by Crippen LogP contribution is -2.29. The van der Waals surface area contributed by atoms with Crippen molar-refractivity contribution in [3.63, 3.8) is 0 Å². The van der Waals surface area contributed by atoms with Gasteiger partial charge in [-0.25, -0.2) is 4.98 Å². The molecule has 0 saturated carbocycles. The van der Waals surface area contributed by atoms with Crippen LogP contribution in [0.5, 0.6) is 5.75 Å². The first-order chi connectivity index (χ1) is 15.5. The van der Waals surface area contributed by atoms with Crippen molar-refractivity contribution in [1.82, 2.24) is 4.98 Å². The Bertz CT molecular complexity index is 1390. The highest BCUT2D eigenvalue weighted by Crippen LogP contribution is 2.44. The molecule has 1 aliphatic rings. The third-order valence-electron chi connectivity index (χ3n) is 5.31. The molecule has 0 spiro atoms. The van der Waals surface area contributed by atoms with E-state index in [4.69, 9.17) is 9.15 Å². The molecule has 0 radical (unpaired) electrons. The largest absolute Gasteiger partial charge is 0.507 e. The Morgan fingerprint density at radius 3 is 2.59 bits per heavy atom. The molecule has 1 N–H and O–H groups in total. The second kappa shape index (κ2) is 7.65. The fraction of sp³-hybridized carbons (Fsp3) is 0.125. The first-order valence-corrected chi connectivity index (χ1v) is 10.7. The van der Waals surface area contributed by atoms with Gasteiger partial charge in [0.15, 0.2) is 5.13 Å². The number of anilines is 1. The van der Waals surface area contributed by atoms with Gasteiger partial charge in [-0.1, -0.05) is 41.7 Å². The van der Waals surface area contributed by atoms with Gasteiger partial charge < -0.3 is 14.3 Å². The first kappa shape index (κ1) is 20.0. The van der Waals surface area contributed by atoms with Crippen molar-refractivity contribution < 1.29 is 23.8 Å². The number of ketones is 1. The van der Waals surface area contributed by atoms with Crippen molar-refractivity contribution in [2.24, 2.45) is 0 Å². The Morgan fingerprint density at radius 2 is 1.91 bits per heavy atom. The number of rotatable bonds is 4. The van der Waals surface area contributed by atoms with E-state index in [-0.39, 0.29) is 11.3 Å². The number of furan rings is 1. The number of aryl methyl sites for hydroxylation is 1. The molecule has 1 fully saturated rings. The molecule has 2 aromatic heterocycles. The quantitative estimate of drug-likeness (QED) is 0.274. The van der Waals surface area contributed by atoms with Crippen LogP contribution < -0.4 is 9.64 Å². The summed E-state index contributed by atoms with van der Waals surface area (Å²) >= 11 is 1.26. The zero-order valence-electron chi connectivity index (χ0n) is 17.2. The SMILES string of the molecule is COc1ccc2nc(N3C(=O)C(=O)C(=C(O)c4ccccc4)C3c3ccc(C)o3)sc2c1. The highest BCUT2D eigenvalue weighted by molar-refractivity contribution is 7.22. The molecule has 3 heterocycles. The zero-order valence-corrected chi connectivity index (χ0v) is 18.1. The van der Waals surface area contributed by atoms with E-state index >= 15 is 0 Å². The number of Topliss-reactive ketones (excluding diaryl/α,β-unsaturated/α-hetero) is 1. The van der Waals surface area contributed by atoms with Gasteiger partial charge in [-0.05, 0) is 37.3 Å². The van der Waals surface area contributed by atoms with E-state index in [1.54, 1.807) is 68.6 Å². The Kier molecular flexibility index (Phi) is 4.79. The van der Waals surface area contributed by atoms with E-state index in [2.05, 4.69) is 4.98 Å². The standard InChI is InChI=1S/C24H18N2O5S/c1-13-8-11-17(31-13)20-19(21(27)14-6-4-3-5-7-14)22(28)23(29)26(20)24-25-16-10-9-15(30-2)12-18(16)32-24/h3-12,20,27H,1-2H3. The number of benzene rings is 2. The molecule has 1 amide bonds. The maximum Gasteiger partial charge on any atom is 0.302 e. The number of fused-ring (bicyclic) bond motifs is 1. The minimum absolute atomic E-state index is 0.0348. The van der Waals surface area contributed by atoms with Crippen LogP contribution in [0, 0.1) is 6.92 Å². The number of carbonyl (C=O) groups is 2. The van der Waals surface area contributed by atoms with Gasteiger partial charge >= 0.3 is 5.91 Å². The average molecular weight is 446 g/mol. The van der Waals surface area contributed by atoms with E-state index in [1.807, 2.05) is 6.07 Å². The van der Waals surface area contributed by atoms with Crippen LogP contribution in [0.1, 0.15) is 23.1 Å². The number of aliphatic hydroxyl groups excluding tert-OH is 1. The van der Waals surface area contributed by atoms with Crippen LogP contribution in [-0.4, -0.2) is 28.9 Å². The van der Waals surface area contributed by atoms with Crippen molar-refractivity contribution in [3.8, 4) is 5.75 Å². The number of hydrogen-bond acceptors (Lipinski definition) is 7. The average Bonchev–Trinajstić information content (AvgIpc) is 3.49. The lowest BCUT2D eigenvalue weighted by molar-refractivity contribution is -0.132. The number of amides is 1. The molecule has 1 atom stereocenters. The smallest absolute Gasteiger partial charge is 0.302 e. The molecule has 1 aliphatic heterocycles. The molecular weight excluding hydrogens is 428 g/mol. The minimum atomic E-state index is -0.939. The van der Waals surface area contributed by atoms with Crippen molar-refractivity contribution in [2.45, 2.75) is 13.0 Å². The second-order valence-corrected chi connectivity index (χ2v) is 8.32. The third-order valence-corrected chi connectivity index (χ3v) is 6.33. The van der Waals surface area contributed by atoms with Crippen molar-refractivity contribution in [3.05, 3.63) is 83.3 Å². The van der Waals surface area contributed by atoms with Gasteiger partial charge in [0.25, 0.3) is 5.78 Å². The predicted octanol–water partition coefficient (Wildman–Crippen LogP) is 4.83. The number of nitrogens with zero attached hydrogens (tertiary/aromatic N) is 2. The number of carbonyl (C=O) groups excluding carboxylic acids is 2. The molecule has 0 bridgehead atoms. The Balaban J connectivity index is 1.71. The second-order valence-electron chi connectivity index (χ2n) is 7.31. The summed E-state index contributed by atoms with van der Waals surface area (Å²) < 4.78 is 11.9.